The number of carbonyl (C=O) groups excluding carboxylic acids is 2. The van der Waals surface area contributed by atoms with E-state index in [0.717, 1.165) is 10.4 Å². The van der Waals surface area contributed by atoms with E-state index in [4.69, 9.17) is 16.3 Å². The van der Waals surface area contributed by atoms with Gasteiger partial charge < -0.3 is 9.84 Å². The number of carbonyl (C=O) groups is 2. The van der Waals surface area contributed by atoms with E-state index in [9.17, 15) is 14.7 Å². The molecule has 7 heteroatoms. The molecule has 0 bridgehead atoms. The predicted octanol–water partition coefficient (Wildman–Crippen LogP) is 5.73. The van der Waals surface area contributed by atoms with Gasteiger partial charge in [-0.15, -0.1) is 11.3 Å². The van der Waals surface area contributed by atoms with Crippen molar-refractivity contribution in [1.29, 1.82) is 0 Å². The smallest absolute Gasteiger partial charge is 0.300 e. The monoisotopic (exact) mass is 453 g/mol. The number of ether oxygens (including phenoxy) is 1. The lowest BCUT2D eigenvalue weighted by Crippen LogP contribution is -2.29. The summed E-state index contributed by atoms with van der Waals surface area (Å²) in [6, 6.07) is 15.1. The molecular weight excluding hydrogens is 434 g/mol. The maximum absolute atomic E-state index is 13.1. The quantitative estimate of drug-likeness (QED) is 0.304. The number of aliphatic hydroxyl groups is 1. The Morgan fingerprint density at radius 3 is 2.61 bits per heavy atom. The van der Waals surface area contributed by atoms with Gasteiger partial charge in [0.05, 0.1) is 17.2 Å². The van der Waals surface area contributed by atoms with Gasteiger partial charge in [0.2, 0.25) is 0 Å². The Bertz CT molecular complexity index is 1190. The van der Waals surface area contributed by atoms with Gasteiger partial charge in [0, 0.05) is 16.1 Å². The summed E-state index contributed by atoms with van der Waals surface area (Å²) >= 11 is 7.59. The highest BCUT2D eigenvalue weighted by Crippen LogP contribution is 2.44. The average molecular weight is 454 g/mol. The molecular formula is C24H20ClNO4S. The first-order chi connectivity index (χ1) is 14.9. The fourth-order valence-corrected chi connectivity index (χ4v) is 4.70. The average Bonchev–Trinajstić information content (AvgIpc) is 3.37. The lowest BCUT2D eigenvalue weighted by molar-refractivity contribution is -0.132. The number of anilines is 1. The zero-order chi connectivity index (χ0) is 22.1. The van der Waals surface area contributed by atoms with E-state index in [1.807, 2.05) is 49.6 Å². The summed E-state index contributed by atoms with van der Waals surface area (Å²) in [5.41, 5.74) is 1.89. The molecule has 2 aromatic carbocycles. The van der Waals surface area contributed by atoms with Crippen LogP contribution in [0.4, 0.5) is 5.69 Å². The summed E-state index contributed by atoms with van der Waals surface area (Å²) in [6.45, 7) is 4.11. The van der Waals surface area contributed by atoms with Crippen LogP contribution in [0.25, 0.3) is 5.76 Å². The molecule has 158 valence electrons. The number of hydrogen-bond donors (Lipinski definition) is 1. The van der Waals surface area contributed by atoms with E-state index in [0.29, 0.717) is 28.6 Å². The first kappa shape index (κ1) is 21.2. The van der Waals surface area contributed by atoms with Gasteiger partial charge in [-0.1, -0.05) is 35.9 Å². The van der Waals surface area contributed by atoms with Gasteiger partial charge in [-0.05, 0) is 55.1 Å². The van der Waals surface area contributed by atoms with Crippen molar-refractivity contribution in [2.45, 2.75) is 19.9 Å². The van der Waals surface area contributed by atoms with Crippen molar-refractivity contribution < 1.29 is 19.4 Å². The number of halogens is 1. The lowest BCUT2D eigenvalue weighted by Gasteiger charge is -2.25. The third-order valence-corrected chi connectivity index (χ3v) is 6.37. The largest absolute Gasteiger partial charge is 0.507 e. The summed E-state index contributed by atoms with van der Waals surface area (Å²) in [6.07, 6.45) is 0. The molecule has 1 unspecified atom stereocenters. The molecule has 1 aliphatic heterocycles. The van der Waals surface area contributed by atoms with E-state index in [1.165, 1.54) is 16.2 Å². The summed E-state index contributed by atoms with van der Waals surface area (Å²) in [4.78, 5) is 28.5. The fraction of sp³-hybridized carbons (Fsp3) is 0.167. The molecule has 1 aromatic heterocycles. The summed E-state index contributed by atoms with van der Waals surface area (Å²) < 4.78 is 5.52. The Hall–Kier alpha value is -3.09. The number of thiophene rings is 1. The number of amides is 1. The summed E-state index contributed by atoms with van der Waals surface area (Å²) in [5, 5.41) is 13.5. The van der Waals surface area contributed by atoms with E-state index in [1.54, 1.807) is 24.3 Å². The Morgan fingerprint density at radius 2 is 1.94 bits per heavy atom. The topological polar surface area (TPSA) is 66.8 Å². The Morgan fingerprint density at radius 1 is 1.16 bits per heavy atom. The van der Waals surface area contributed by atoms with Crippen LogP contribution in [0.2, 0.25) is 5.02 Å². The number of para-hydroxylation sites is 1. The minimum Gasteiger partial charge on any atom is -0.507 e. The second-order valence-electron chi connectivity index (χ2n) is 7.05. The van der Waals surface area contributed by atoms with Crippen LogP contribution in [0.5, 0.6) is 5.75 Å². The maximum atomic E-state index is 13.1. The van der Waals surface area contributed by atoms with E-state index >= 15 is 0 Å². The van der Waals surface area contributed by atoms with Crippen LogP contribution in [-0.4, -0.2) is 23.4 Å². The van der Waals surface area contributed by atoms with Crippen LogP contribution in [0.3, 0.4) is 0 Å². The van der Waals surface area contributed by atoms with Crippen LogP contribution in [0.15, 0.2) is 65.6 Å². The predicted molar refractivity (Wildman–Crippen MR) is 123 cm³/mol. The molecule has 0 saturated carbocycles. The molecule has 0 spiro atoms. The number of hydrogen-bond acceptors (Lipinski definition) is 5. The van der Waals surface area contributed by atoms with E-state index < -0.39 is 17.7 Å². The molecule has 31 heavy (non-hydrogen) atoms. The Labute approximate surface area is 189 Å². The number of ketones is 1. The molecule has 0 radical (unpaired) electrons. The number of aliphatic hydroxyl groups excluding tert-OH is 1. The first-order valence-electron chi connectivity index (χ1n) is 9.76. The van der Waals surface area contributed by atoms with Crippen LogP contribution in [-0.2, 0) is 9.59 Å². The van der Waals surface area contributed by atoms with E-state index in [-0.39, 0.29) is 11.3 Å². The van der Waals surface area contributed by atoms with Gasteiger partial charge in [0.15, 0.2) is 0 Å². The first-order valence-corrected chi connectivity index (χ1v) is 11.0. The second-order valence-corrected chi connectivity index (χ2v) is 8.44. The third kappa shape index (κ3) is 3.73. The van der Waals surface area contributed by atoms with Crippen molar-refractivity contribution in [2.75, 3.05) is 11.5 Å². The van der Waals surface area contributed by atoms with Crippen molar-refractivity contribution in [1.82, 2.24) is 0 Å². The normalized spacial score (nSPS) is 17.9. The van der Waals surface area contributed by atoms with Gasteiger partial charge in [0.25, 0.3) is 11.7 Å². The fourth-order valence-electron chi connectivity index (χ4n) is 3.70. The van der Waals surface area contributed by atoms with Gasteiger partial charge in [-0.25, -0.2) is 0 Å². The molecule has 0 aliphatic carbocycles. The Kier molecular flexibility index (Phi) is 5.85. The summed E-state index contributed by atoms with van der Waals surface area (Å²) in [7, 11) is 0. The number of Topliss-reactive ketones (excluding diaryl/α,β-unsaturated/α-hetero) is 1. The SMILES string of the molecule is CCOc1cc(/C(O)=C2/C(=O)C(=O)N(c3ccccc3C)C2c2cccs2)ccc1Cl. The van der Waals surface area contributed by atoms with Crippen molar-refractivity contribution in [3.63, 3.8) is 0 Å². The van der Waals surface area contributed by atoms with Crippen molar-refractivity contribution >= 4 is 46.1 Å². The molecule has 1 amide bonds. The standard InChI is InChI=1S/C24H20ClNO4S/c1-3-30-18-13-15(10-11-16(18)25)22(27)20-21(19-9-6-12-31-19)26(24(29)23(20)28)17-8-5-4-7-14(17)2/h4-13,21,27H,3H2,1-2H3/b22-20-. The summed E-state index contributed by atoms with van der Waals surface area (Å²) in [5.74, 6) is -1.26. The molecule has 1 fully saturated rings. The van der Waals surface area contributed by atoms with Gasteiger partial charge >= 0.3 is 0 Å². The number of rotatable bonds is 5. The molecule has 1 saturated heterocycles. The minimum absolute atomic E-state index is 0.0421. The number of nitrogens with zero attached hydrogens (tertiary/aromatic N) is 1. The molecule has 5 nitrogen and oxygen atoms in total. The van der Waals surface area contributed by atoms with Crippen LogP contribution in [0, 0.1) is 6.92 Å². The van der Waals surface area contributed by atoms with Crippen molar-refractivity contribution in [3.05, 3.63) is 86.6 Å². The third-order valence-electron chi connectivity index (χ3n) is 5.14. The molecule has 3 aromatic rings. The van der Waals surface area contributed by atoms with E-state index in [2.05, 4.69) is 0 Å². The van der Waals surface area contributed by atoms with Crippen LogP contribution < -0.4 is 9.64 Å². The molecule has 2 heterocycles. The molecule has 1 aliphatic rings. The lowest BCUT2D eigenvalue weighted by atomic mass is 9.99. The molecule has 1 N–H and O–H groups in total. The van der Waals surface area contributed by atoms with Gasteiger partial charge in [0.1, 0.15) is 17.6 Å². The highest BCUT2D eigenvalue weighted by atomic mass is 35.5. The number of aryl methyl sites for hydroxylation is 1. The zero-order valence-corrected chi connectivity index (χ0v) is 18.5. The molecule has 4 rings (SSSR count). The van der Waals surface area contributed by atoms with Gasteiger partial charge in [-0.3, -0.25) is 14.5 Å². The zero-order valence-electron chi connectivity index (χ0n) is 17.0. The molecule has 1 atom stereocenters. The number of benzene rings is 2. The Balaban J connectivity index is 1.92. The van der Waals surface area contributed by atoms with Crippen molar-refractivity contribution in [3.8, 4) is 5.75 Å². The van der Waals surface area contributed by atoms with Gasteiger partial charge in [-0.2, -0.15) is 0 Å². The van der Waals surface area contributed by atoms with Crippen LogP contribution >= 0.6 is 22.9 Å². The van der Waals surface area contributed by atoms with Crippen molar-refractivity contribution in [2.24, 2.45) is 0 Å². The van der Waals surface area contributed by atoms with Crippen LogP contribution in [0.1, 0.15) is 29.0 Å². The minimum atomic E-state index is -0.730. The highest BCUT2D eigenvalue weighted by molar-refractivity contribution is 7.10. The second kappa shape index (κ2) is 8.57. The maximum Gasteiger partial charge on any atom is 0.300 e. The highest BCUT2D eigenvalue weighted by Gasteiger charge is 2.47.